The number of hydrogen-bond acceptors (Lipinski definition) is 2. The first-order valence-corrected chi connectivity index (χ1v) is 7.37. The number of para-hydroxylation sites is 1. The molecule has 0 saturated carbocycles. The molecule has 21 heavy (non-hydrogen) atoms. The van der Waals surface area contributed by atoms with E-state index in [1.54, 1.807) is 6.92 Å². The van der Waals surface area contributed by atoms with Crippen LogP contribution in [0.2, 0.25) is 0 Å². The highest BCUT2D eigenvalue weighted by molar-refractivity contribution is 5.92. The van der Waals surface area contributed by atoms with Crippen molar-refractivity contribution in [3.8, 4) is 0 Å². The first-order valence-electron chi connectivity index (χ1n) is 7.37. The third-order valence-corrected chi connectivity index (χ3v) is 4.21. The lowest BCUT2D eigenvalue weighted by Crippen LogP contribution is -2.38. The van der Waals surface area contributed by atoms with Gasteiger partial charge in [0.1, 0.15) is 0 Å². The minimum Gasteiger partial charge on any atom is -0.353 e. The standard InChI is InChI=1S/C17H21N3O/c1-13(21)20-11-9-16(15-7-3-4-8-17(15)20)18-12-14-6-5-10-19(14)2/h3-8,10,16,18H,9,11-12H2,1-2H3. The van der Waals surface area contributed by atoms with Crippen LogP contribution >= 0.6 is 0 Å². The molecule has 2 heterocycles. The van der Waals surface area contributed by atoms with Crippen LogP contribution in [0.4, 0.5) is 5.69 Å². The highest BCUT2D eigenvalue weighted by Crippen LogP contribution is 2.33. The Hall–Kier alpha value is -2.07. The molecule has 1 aromatic heterocycles. The Morgan fingerprint density at radius 3 is 2.81 bits per heavy atom. The average Bonchev–Trinajstić information content (AvgIpc) is 2.89. The molecule has 4 nitrogen and oxygen atoms in total. The molecule has 0 spiro atoms. The van der Waals surface area contributed by atoms with Crippen LogP contribution in [0.1, 0.15) is 30.6 Å². The maximum Gasteiger partial charge on any atom is 0.223 e. The number of carbonyl (C=O) groups is 1. The molecule has 0 aliphatic carbocycles. The molecule has 110 valence electrons. The van der Waals surface area contributed by atoms with E-state index in [1.165, 1.54) is 11.3 Å². The monoisotopic (exact) mass is 283 g/mol. The van der Waals surface area contributed by atoms with Gasteiger partial charge in [-0.25, -0.2) is 0 Å². The molecule has 1 aliphatic heterocycles. The predicted octanol–water partition coefficient (Wildman–Crippen LogP) is 2.61. The van der Waals surface area contributed by atoms with Gasteiger partial charge in [0.2, 0.25) is 5.91 Å². The first kappa shape index (κ1) is 13.9. The molecule has 1 amide bonds. The highest BCUT2D eigenvalue weighted by Gasteiger charge is 2.26. The molecular weight excluding hydrogens is 262 g/mol. The summed E-state index contributed by atoms with van der Waals surface area (Å²) in [7, 11) is 2.06. The summed E-state index contributed by atoms with van der Waals surface area (Å²) in [6.45, 7) is 3.24. The number of carbonyl (C=O) groups excluding carboxylic acids is 1. The molecule has 1 aromatic carbocycles. The van der Waals surface area contributed by atoms with E-state index < -0.39 is 0 Å². The lowest BCUT2D eigenvalue weighted by molar-refractivity contribution is -0.116. The van der Waals surface area contributed by atoms with Crippen LogP contribution in [0.3, 0.4) is 0 Å². The van der Waals surface area contributed by atoms with Crippen molar-refractivity contribution in [3.05, 3.63) is 53.9 Å². The summed E-state index contributed by atoms with van der Waals surface area (Å²) in [6.07, 6.45) is 3.00. The third-order valence-electron chi connectivity index (χ3n) is 4.21. The summed E-state index contributed by atoms with van der Waals surface area (Å²) in [5, 5.41) is 3.62. The maximum atomic E-state index is 11.8. The van der Waals surface area contributed by atoms with Crippen LogP contribution in [0, 0.1) is 0 Å². The van der Waals surface area contributed by atoms with Crippen molar-refractivity contribution in [1.82, 2.24) is 9.88 Å². The van der Waals surface area contributed by atoms with Gasteiger partial charge < -0.3 is 14.8 Å². The average molecular weight is 283 g/mol. The molecule has 0 radical (unpaired) electrons. The van der Waals surface area contributed by atoms with E-state index in [-0.39, 0.29) is 5.91 Å². The number of rotatable bonds is 3. The second-order valence-corrected chi connectivity index (χ2v) is 5.56. The van der Waals surface area contributed by atoms with Gasteiger partial charge in [-0.05, 0) is 30.2 Å². The van der Waals surface area contributed by atoms with Gasteiger partial charge in [0.25, 0.3) is 0 Å². The Labute approximate surface area is 125 Å². The van der Waals surface area contributed by atoms with Gasteiger partial charge in [-0.1, -0.05) is 18.2 Å². The van der Waals surface area contributed by atoms with Gasteiger partial charge in [-0.3, -0.25) is 4.79 Å². The van der Waals surface area contributed by atoms with Crippen molar-refractivity contribution in [2.45, 2.75) is 25.9 Å². The number of fused-ring (bicyclic) bond motifs is 1. The molecule has 1 N–H and O–H groups in total. The number of amides is 1. The van der Waals surface area contributed by atoms with Crippen molar-refractivity contribution >= 4 is 11.6 Å². The van der Waals surface area contributed by atoms with E-state index in [0.29, 0.717) is 6.04 Å². The fourth-order valence-electron chi connectivity index (χ4n) is 3.01. The largest absolute Gasteiger partial charge is 0.353 e. The molecule has 0 fully saturated rings. The topological polar surface area (TPSA) is 37.3 Å². The Bertz CT molecular complexity index is 647. The number of aromatic nitrogens is 1. The van der Waals surface area contributed by atoms with E-state index in [4.69, 9.17) is 0 Å². The molecule has 3 rings (SSSR count). The highest BCUT2D eigenvalue weighted by atomic mass is 16.2. The first-order chi connectivity index (χ1) is 10.2. The Balaban J connectivity index is 1.79. The van der Waals surface area contributed by atoms with Gasteiger partial charge in [-0.15, -0.1) is 0 Å². The SMILES string of the molecule is CC(=O)N1CCC(NCc2cccn2C)c2ccccc21. The fourth-order valence-corrected chi connectivity index (χ4v) is 3.01. The molecule has 1 unspecified atom stereocenters. The second kappa shape index (κ2) is 5.74. The van der Waals surface area contributed by atoms with Crippen LogP contribution in [0.5, 0.6) is 0 Å². The molecule has 1 atom stereocenters. The summed E-state index contributed by atoms with van der Waals surface area (Å²) in [4.78, 5) is 13.6. The van der Waals surface area contributed by atoms with Crippen molar-refractivity contribution < 1.29 is 4.79 Å². The zero-order valence-corrected chi connectivity index (χ0v) is 12.5. The fraction of sp³-hybridized carbons (Fsp3) is 0.353. The van der Waals surface area contributed by atoms with E-state index in [9.17, 15) is 4.79 Å². The second-order valence-electron chi connectivity index (χ2n) is 5.56. The van der Waals surface area contributed by atoms with Crippen molar-refractivity contribution in [3.63, 3.8) is 0 Å². The Kier molecular flexibility index (Phi) is 3.80. The quantitative estimate of drug-likeness (QED) is 0.940. The minimum atomic E-state index is 0.114. The Morgan fingerprint density at radius 1 is 1.29 bits per heavy atom. The number of aryl methyl sites for hydroxylation is 1. The lowest BCUT2D eigenvalue weighted by atomic mass is 9.96. The molecule has 1 aliphatic rings. The smallest absolute Gasteiger partial charge is 0.223 e. The van der Waals surface area contributed by atoms with Crippen molar-refractivity contribution in [2.24, 2.45) is 7.05 Å². The molecular formula is C17H21N3O. The maximum absolute atomic E-state index is 11.8. The van der Waals surface area contributed by atoms with E-state index in [0.717, 1.165) is 25.2 Å². The zero-order chi connectivity index (χ0) is 14.8. The van der Waals surface area contributed by atoms with Gasteiger partial charge in [0, 0.05) is 50.7 Å². The molecule has 2 aromatic rings. The lowest BCUT2D eigenvalue weighted by Gasteiger charge is -2.34. The molecule has 4 heteroatoms. The summed E-state index contributed by atoms with van der Waals surface area (Å²) in [5.41, 5.74) is 3.52. The summed E-state index contributed by atoms with van der Waals surface area (Å²) in [6, 6.07) is 12.7. The number of nitrogens with zero attached hydrogens (tertiary/aromatic N) is 2. The van der Waals surface area contributed by atoms with Gasteiger partial charge in [0.15, 0.2) is 0 Å². The summed E-state index contributed by atoms with van der Waals surface area (Å²) >= 11 is 0. The Morgan fingerprint density at radius 2 is 2.10 bits per heavy atom. The summed E-state index contributed by atoms with van der Waals surface area (Å²) in [5.74, 6) is 0.114. The van der Waals surface area contributed by atoms with Crippen LogP contribution < -0.4 is 10.2 Å². The number of benzene rings is 1. The normalized spacial score (nSPS) is 17.6. The minimum absolute atomic E-state index is 0.114. The van der Waals surface area contributed by atoms with E-state index in [2.05, 4.69) is 41.3 Å². The van der Waals surface area contributed by atoms with Gasteiger partial charge >= 0.3 is 0 Å². The number of nitrogens with one attached hydrogen (secondary N) is 1. The van der Waals surface area contributed by atoms with Crippen molar-refractivity contribution in [2.75, 3.05) is 11.4 Å². The molecule has 0 bridgehead atoms. The van der Waals surface area contributed by atoms with Gasteiger partial charge in [-0.2, -0.15) is 0 Å². The number of anilines is 1. The van der Waals surface area contributed by atoms with Crippen LogP contribution in [-0.4, -0.2) is 17.0 Å². The van der Waals surface area contributed by atoms with E-state index >= 15 is 0 Å². The molecule has 0 saturated heterocycles. The summed E-state index contributed by atoms with van der Waals surface area (Å²) < 4.78 is 2.13. The van der Waals surface area contributed by atoms with Crippen LogP contribution in [0.25, 0.3) is 0 Å². The number of hydrogen-bond donors (Lipinski definition) is 1. The zero-order valence-electron chi connectivity index (χ0n) is 12.5. The van der Waals surface area contributed by atoms with E-state index in [1.807, 2.05) is 23.1 Å². The van der Waals surface area contributed by atoms with Crippen LogP contribution in [-0.2, 0) is 18.4 Å². The third kappa shape index (κ3) is 2.72. The van der Waals surface area contributed by atoms with Crippen molar-refractivity contribution in [1.29, 1.82) is 0 Å². The van der Waals surface area contributed by atoms with Crippen LogP contribution in [0.15, 0.2) is 42.6 Å². The predicted molar refractivity (Wildman–Crippen MR) is 84.1 cm³/mol. The van der Waals surface area contributed by atoms with Gasteiger partial charge in [0.05, 0.1) is 0 Å².